The van der Waals surface area contributed by atoms with E-state index in [1.54, 1.807) is 0 Å². The van der Waals surface area contributed by atoms with Crippen molar-refractivity contribution in [2.24, 2.45) is 11.1 Å². The summed E-state index contributed by atoms with van der Waals surface area (Å²) < 4.78 is 38.7. The number of ether oxygens (including phenoxy) is 2. The molecule has 11 heteroatoms. The van der Waals surface area contributed by atoms with E-state index in [2.05, 4.69) is 10.5 Å². The number of carbonyl (C=O) groups excluding carboxylic acids is 1. The second-order valence-corrected chi connectivity index (χ2v) is 11.0. The molecule has 194 valence electrons. The van der Waals surface area contributed by atoms with Crippen LogP contribution < -0.4 is 5.32 Å². The number of sulfonamides is 1. The Hall–Kier alpha value is -3.15. The maximum Gasteiger partial charge on any atom is 0.408 e. The number of carbonyl (C=O) groups is 1. The predicted octanol–water partition coefficient (Wildman–Crippen LogP) is 3.88. The largest absolute Gasteiger partial charge is 0.444 e. The quantitative estimate of drug-likeness (QED) is 0.324. The lowest BCUT2D eigenvalue weighted by molar-refractivity contribution is 0.0821. The summed E-state index contributed by atoms with van der Waals surface area (Å²) >= 11 is 0. The molecule has 1 heterocycles. The van der Waals surface area contributed by atoms with Crippen LogP contribution in [0.5, 0.6) is 0 Å². The van der Waals surface area contributed by atoms with Crippen molar-refractivity contribution >= 4 is 27.5 Å². The van der Waals surface area contributed by atoms with E-state index in [0.717, 1.165) is 5.56 Å². The predicted molar refractivity (Wildman–Crippen MR) is 136 cm³/mol. The SMILES string of the molecule is CC(C)CN(CC(=N)[C@H](Cc1ccccc1)NC(=O)O[C@H]1CCOC1)S(=O)(=O)c1ccc(N=O)cc1. The van der Waals surface area contributed by atoms with Crippen LogP contribution in [0.3, 0.4) is 0 Å². The van der Waals surface area contributed by atoms with Crippen LogP contribution in [0, 0.1) is 16.2 Å². The summed E-state index contributed by atoms with van der Waals surface area (Å²) in [6.07, 6.45) is -0.122. The minimum atomic E-state index is -3.98. The molecule has 0 saturated carbocycles. The Morgan fingerprint density at radius 2 is 1.89 bits per heavy atom. The first-order valence-corrected chi connectivity index (χ1v) is 13.2. The molecule has 1 aliphatic heterocycles. The Bertz CT molecular complexity index is 1130. The Morgan fingerprint density at radius 1 is 1.19 bits per heavy atom. The molecular weight excluding hydrogens is 484 g/mol. The molecule has 0 radical (unpaired) electrons. The lowest BCUT2D eigenvalue weighted by atomic mass is 10.0. The topological polar surface area (TPSA) is 138 Å². The zero-order valence-corrected chi connectivity index (χ0v) is 21.2. The lowest BCUT2D eigenvalue weighted by Crippen LogP contribution is -2.48. The minimum Gasteiger partial charge on any atom is -0.444 e. The molecule has 2 atom stereocenters. The van der Waals surface area contributed by atoms with E-state index in [-0.39, 0.29) is 41.4 Å². The molecule has 2 N–H and O–H groups in total. The van der Waals surface area contributed by atoms with E-state index in [1.165, 1.54) is 28.6 Å². The van der Waals surface area contributed by atoms with Gasteiger partial charge in [0.25, 0.3) is 0 Å². The third-order valence-corrected chi connectivity index (χ3v) is 7.48. The molecule has 0 unspecified atom stereocenters. The Morgan fingerprint density at radius 3 is 2.47 bits per heavy atom. The van der Waals surface area contributed by atoms with Crippen molar-refractivity contribution in [3.8, 4) is 0 Å². The molecule has 0 bridgehead atoms. The van der Waals surface area contributed by atoms with Crippen molar-refractivity contribution in [3.63, 3.8) is 0 Å². The van der Waals surface area contributed by atoms with Gasteiger partial charge in [-0.25, -0.2) is 13.2 Å². The van der Waals surface area contributed by atoms with E-state index >= 15 is 0 Å². The molecular formula is C25H32N4O6S. The number of hydrogen-bond donors (Lipinski definition) is 2. The molecule has 2 aromatic rings. The van der Waals surface area contributed by atoms with Gasteiger partial charge in [-0.05, 0) is 47.3 Å². The fraction of sp³-hybridized carbons (Fsp3) is 0.440. The second kappa shape index (κ2) is 12.7. The van der Waals surface area contributed by atoms with Gasteiger partial charge in [-0.1, -0.05) is 44.2 Å². The van der Waals surface area contributed by atoms with Gasteiger partial charge in [0.05, 0.1) is 30.7 Å². The van der Waals surface area contributed by atoms with E-state index in [0.29, 0.717) is 26.1 Å². The molecule has 36 heavy (non-hydrogen) atoms. The Labute approximate surface area is 211 Å². The third kappa shape index (κ3) is 7.67. The fourth-order valence-electron chi connectivity index (χ4n) is 3.83. The Kier molecular flexibility index (Phi) is 9.68. The van der Waals surface area contributed by atoms with Crippen molar-refractivity contribution in [1.29, 1.82) is 5.41 Å². The summed E-state index contributed by atoms with van der Waals surface area (Å²) in [6.45, 7) is 4.55. The van der Waals surface area contributed by atoms with Gasteiger partial charge < -0.3 is 20.2 Å². The molecule has 3 rings (SSSR count). The number of nitroso groups, excluding NO2 is 1. The average molecular weight is 517 g/mol. The molecule has 1 aliphatic rings. The van der Waals surface area contributed by atoms with Crippen molar-refractivity contribution in [2.45, 2.75) is 43.7 Å². The molecule has 1 saturated heterocycles. The van der Waals surface area contributed by atoms with Gasteiger partial charge in [-0.15, -0.1) is 4.91 Å². The van der Waals surface area contributed by atoms with Gasteiger partial charge in [-0.3, -0.25) is 0 Å². The van der Waals surface area contributed by atoms with Crippen molar-refractivity contribution in [2.75, 3.05) is 26.3 Å². The Balaban J connectivity index is 1.81. The van der Waals surface area contributed by atoms with Crippen LogP contribution >= 0.6 is 0 Å². The van der Waals surface area contributed by atoms with E-state index in [9.17, 15) is 18.1 Å². The van der Waals surface area contributed by atoms with Crippen LogP contribution in [0.2, 0.25) is 0 Å². The molecule has 0 aromatic heterocycles. The first-order valence-electron chi connectivity index (χ1n) is 11.8. The number of alkyl carbamates (subject to hydrolysis) is 1. The summed E-state index contributed by atoms with van der Waals surface area (Å²) in [5.74, 6) is -0.0173. The van der Waals surface area contributed by atoms with Crippen LogP contribution in [0.1, 0.15) is 25.8 Å². The van der Waals surface area contributed by atoms with Gasteiger partial charge in [-0.2, -0.15) is 4.31 Å². The zero-order chi connectivity index (χ0) is 26.1. The van der Waals surface area contributed by atoms with Crippen LogP contribution in [0.25, 0.3) is 0 Å². The van der Waals surface area contributed by atoms with Crippen LogP contribution in [0.4, 0.5) is 10.5 Å². The van der Waals surface area contributed by atoms with E-state index in [4.69, 9.17) is 14.9 Å². The zero-order valence-electron chi connectivity index (χ0n) is 20.4. The average Bonchev–Trinajstić information content (AvgIpc) is 3.36. The first kappa shape index (κ1) is 27.4. The standard InChI is InChI=1S/C25H32N4O6S/c1-18(2)15-29(36(32,33)22-10-8-20(28-31)9-11-22)16-23(26)24(14-19-6-4-3-5-7-19)27-25(30)35-21-12-13-34-17-21/h3-11,18,21,24,26H,12-17H2,1-2H3,(H,27,30)/t21-,24-/m0/s1. The summed E-state index contributed by atoms with van der Waals surface area (Å²) in [7, 11) is -3.98. The highest BCUT2D eigenvalue weighted by Crippen LogP contribution is 2.21. The third-order valence-electron chi connectivity index (χ3n) is 5.65. The lowest BCUT2D eigenvalue weighted by Gasteiger charge is -2.27. The maximum atomic E-state index is 13.4. The number of benzene rings is 2. The molecule has 1 amide bonds. The highest BCUT2D eigenvalue weighted by atomic mass is 32.2. The van der Waals surface area contributed by atoms with Crippen molar-refractivity contribution in [3.05, 3.63) is 65.1 Å². The maximum absolute atomic E-state index is 13.4. The molecule has 1 fully saturated rings. The first-order chi connectivity index (χ1) is 17.2. The molecule has 10 nitrogen and oxygen atoms in total. The van der Waals surface area contributed by atoms with Gasteiger partial charge >= 0.3 is 6.09 Å². The number of amides is 1. The highest BCUT2D eigenvalue weighted by Gasteiger charge is 2.30. The number of nitrogens with zero attached hydrogens (tertiary/aromatic N) is 2. The number of nitrogens with one attached hydrogen (secondary N) is 2. The van der Waals surface area contributed by atoms with Crippen LogP contribution in [0.15, 0.2) is 64.7 Å². The summed E-state index contributed by atoms with van der Waals surface area (Å²) in [4.78, 5) is 23.3. The number of rotatable bonds is 12. The van der Waals surface area contributed by atoms with Crippen LogP contribution in [-0.2, 0) is 25.9 Å². The van der Waals surface area contributed by atoms with E-state index in [1.807, 2.05) is 44.2 Å². The number of hydrogen-bond acceptors (Lipinski definition) is 8. The minimum absolute atomic E-state index is 0.00318. The second-order valence-electron chi connectivity index (χ2n) is 9.08. The smallest absolute Gasteiger partial charge is 0.408 e. The summed E-state index contributed by atoms with van der Waals surface area (Å²) in [5.41, 5.74) is 1.02. The normalized spacial score (nSPS) is 16.6. The van der Waals surface area contributed by atoms with Gasteiger partial charge in [0, 0.05) is 18.7 Å². The van der Waals surface area contributed by atoms with Gasteiger partial charge in [0.2, 0.25) is 10.0 Å². The van der Waals surface area contributed by atoms with E-state index < -0.39 is 22.2 Å². The van der Waals surface area contributed by atoms with Gasteiger partial charge in [0.1, 0.15) is 11.8 Å². The fourth-order valence-corrected chi connectivity index (χ4v) is 5.41. The highest BCUT2D eigenvalue weighted by molar-refractivity contribution is 7.89. The van der Waals surface area contributed by atoms with Crippen molar-refractivity contribution < 1.29 is 22.7 Å². The summed E-state index contributed by atoms with van der Waals surface area (Å²) in [5, 5.41) is 14.4. The molecule has 2 aromatic carbocycles. The summed E-state index contributed by atoms with van der Waals surface area (Å²) in [6, 6.07) is 13.9. The van der Waals surface area contributed by atoms with Gasteiger partial charge in [0.15, 0.2) is 0 Å². The molecule has 0 spiro atoms. The van der Waals surface area contributed by atoms with Crippen LogP contribution in [-0.4, -0.2) is 63.0 Å². The monoisotopic (exact) mass is 516 g/mol. The molecule has 0 aliphatic carbocycles. The van der Waals surface area contributed by atoms with Crippen molar-refractivity contribution in [1.82, 2.24) is 9.62 Å².